The first-order chi connectivity index (χ1) is 12.3. The van der Waals surface area contributed by atoms with Crippen molar-refractivity contribution in [2.45, 2.75) is 20.8 Å². The normalized spacial score (nSPS) is 10.9. The first kappa shape index (κ1) is 18.4. The molecule has 2 aromatic heterocycles. The van der Waals surface area contributed by atoms with Crippen molar-refractivity contribution in [3.8, 4) is 11.1 Å². The van der Waals surface area contributed by atoms with Crippen molar-refractivity contribution in [1.82, 2.24) is 4.98 Å². The third-order valence-electron chi connectivity index (χ3n) is 4.00. The lowest BCUT2D eigenvalue weighted by Crippen LogP contribution is -2.06. The van der Waals surface area contributed by atoms with Gasteiger partial charge < -0.3 is 10.5 Å². The summed E-state index contributed by atoms with van der Waals surface area (Å²) in [6.07, 6.45) is 0. The van der Waals surface area contributed by atoms with E-state index in [2.05, 4.69) is 4.98 Å². The maximum absolute atomic E-state index is 12.3. The fourth-order valence-electron chi connectivity index (χ4n) is 2.95. The van der Waals surface area contributed by atoms with Crippen LogP contribution in [0.25, 0.3) is 21.3 Å². The number of nitrogens with zero attached hydrogens (tertiary/aromatic N) is 1. The SMILES string of the molecule is CCOC(=O)c1sc2nc(C)c(C(C)=O)c(-c3ccc(Cl)cc3)c2c1N. The van der Waals surface area contributed by atoms with E-state index in [4.69, 9.17) is 22.1 Å². The first-order valence-electron chi connectivity index (χ1n) is 8.01. The Morgan fingerprint density at radius 1 is 1.27 bits per heavy atom. The molecule has 1 aromatic carbocycles. The van der Waals surface area contributed by atoms with Gasteiger partial charge in [-0.15, -0.1) is 11.3 Å². The average molecular weight is 389 g/mol. The lowest BCUT2D eigenvalue weighted by atomic mass is 9.93. The molecule has 0 aliphatic rings. The van der Waals surface area contributed by atoms with Gasteiger partial charge in [0.05, 0.1) is 18.0 Å². The average Bonchev–Trinajstić information content (AvgIpc) is 2.91. The summed E-state index contributed by atoms with van der Waals surface area (Å²) in [6, 6.07) is 7.14. The number of Topliss-reactive ketones (excluding diaryl/α,β-unsaturated/α-hetero) is 1. The van der Waals surface area contributed by atoms with Gasteiger partial charge in [0, 0.05) is 21.5 Å². The van der Waals surface area contributed by atoms with Gasteiger partial charge >= 0.3 is 5.97 Å². The molecule has 3 rings (SSSR count). The zero-order chi connectivity index (χ0) is 19.0. The van der Waals surface area contributed by atoms with Crippen LogP contribution in [0.2, 0.25) is 5.02 Å². The molecular formula is C19H17ClN2O3S. The number of carbonyl (C=O) groups is 2. The number of hydrogen-bond donors (Lipinski definition) is 1. The zero-order valence-electron chi connectivity index (χ0n) is 14.6. The van der Waals surface area contributed by atoms with Crippen molar-refractivity contribution < 1.29 is 14.3 Å². The molecular weight excluding hydrogens is 372 g/mol. The van der Waals surface area contributed by atoms with Crippen molar-refractivity contribution in [1.29, 1.82) is 0 Å². The lowest BCUT2D eigenvalue weighted by molar-refractivity contribution is 0.0533. The van der Waals surface area contributed by atoms with Crippen LogP contribution in [0.5, 0.6) is 0 Å². The van der Waals surface area contributed by atoms with Crippen LogP contribution < -0.4 is 5.73 Å². The number of rotatable bonds is 4. The van der Waals surface area contributed by atoms with Crippen LogP contribution in [0, 0.1) is 6.92 Å². The summed E-state index contributed by atoms with van der Waals surface area (Å²) in [5, 5.41) is 1.18. The highest BCUT2D eigenvalue weighted by atomic mass is 35.5. The molecule has 0 unspecified atom stereocenters. The highest BCUT2D eigenvalue weighted by molar-refractivity contribution is 7.21. The molecule has 0 saturated heterocycles. The molecule has 7 heteroatoms. The Hall–Kier alpha value is -2.44. The van der Waals surface area contributed by atoms with Gasteiger partial charge in [0.2, 0.25) is 0 Å². The van der Waals surface area contributed by atoms with E-state index in [0.717, 1.165) is 5.56 Å². The van der Waals surface area contributed by atoms with Crippen molar-refractivity contribution >= 4 is 50.6 Å². The largest absolute Gasteiger partial charge is 0.462 e. The van der Waals surface area contributed by atoms with Gasteiger partial charge in [-0.3, -0.25) is 4.79 Å². The number of anilines is 1. The van der Waals surface area contributed by atoms with E-state index in [0.29, 0.717) is 36.9 Å². The number of carbonyl (C=O) groups excluding carboxylic acids is 2. The fourth-order valence-corrected chi connectivity index (χ4v) is 4.12. The Labute approximate surface area is 159 Å². The zero-order valence-corrected chi connectivity index (χ0v) is 16.1. The van der Waals surface area contributed by atoms with Gasteiger partial charge in [0.25, 0.3) is 0 Å². The summed E-state index contributed by atoms with van der Waals surface area (Å²) < 4.78 is 5.09. The summed E-state index contributed by atoms with van der Waals surface area (Å²) in [5.74, 6) is -0.609. The molecule has 0 fully saturated rings. The second kappa shape index (κ2) is 7.05. The van der Waals surface area contributed by atoms with Crippen LogP contribution in [0.4, 0.5) is 5.69 Å². The number of esters is 1. The molecule has 2 heterocycles. The quantitative estimate of drug-likeness (QED) is 0.508. The van der Waals surface area contributed by atoms with Gasteiger partial charge in [-0.2, -0.15) is 0 Å². The Morgan fingerprint density at radius 2 is 1.92 bits per heavy atom. The van der Waals surface area contributed by atoms with E-state index in [9.17, 15) is 9.59 Å². The fraction of sp³-hybridized carbons (Fsp3) is 0.211. The van der Waals surface area contributed by atoms with Crippen LogP contribution in [0.1, 0.15) is 39.6 Å². The molecule has 0 atom stereocenters. The molecule has 134 valence electrons. The number of ketones is 1. The lowest BCUT2D eigenvalue weighted by Gasteiger charge is -2.12. The predicted octanol–water partition coefficient (Wildman–Crippen LogP) is 4.89. The number of hydrogen-bond acceptors (Lipinski definition) is 6. The number of thiophene rings is 1. The number of fused-ring (bicyclic) bond motifs is 1. The van der Waals surface area contributed by atoms with Gasteiger partial charge in [0.15, 0.2) is 5.78 Å². The monoisotopic (exact) mass is 388 g/mol. The van der Waals surface area contributed by atoms with Gasteiger partial charge in [-0.25, -0.2) is 9.78 Å². The number of nitrogen functional groups attached to an aromatic ring is 1. The Kier molecular flexibility index (Phi) is 4.98. The number of aromatic nitrogens is 1. The van der Waals surface area contributed by atoms with Gasteiger partial charge in [0.1, 0.15) is 9.71 Å². The first-order valence-corrected chi connectivity index (χ1v) is 9.21. The minimum Gasteiger partial charge on any atom is -0.462 e. The minimum absolute atomic E-state index is 0.120. The highest BCUT2D eigenvalue weighted by Crippen LogP contribution is 2.42. The maximum atomic E-state index is 12.3. The van der Waals surface area contributed by atoms with Crippen molar-refractivity contribution in [3.05, 3.63) is 45.4 Å². The molecule has 0 aliphatic heterocycles. The molecule has 0 spiro atoms. The van der Waals surface area contributed by atoms with Crippen LogP contribution >= 0.6 is 22.9 Å². The number of nitrogens with two attached hydrogens (primary N) is 1. The van der Waals surface area contributed by atoms with Gasteiger partial charge in [-0.1, -0.05) is 23.7 Å². The summed E-state index contributed by atoms with van der Waals surface area (Å²) in [7, 11) is 0. The Bertz CT molecular complexity index is 1030. The van der Waals surface area contributed by atoms with E-state index in [1.807, 2.05) is 12.1 Å². The Morgan fingerprint density at radius 3 is 2.50 bits per heavy atom. The summed E-state index contributed by atoms with van der Waals surface area (Å²) in [4.78, 5) is 30.0. The molecule has 0 amide bonds. The Balaban J connectivity index is 2.41. The van der Waals surface area contributed by atoms with Crippen LogP contribution in [0.15, 0.2) is 24.3 Å². The molecule has 0 aliphatic carbocycles. The molecule has 3 aromatic rings. The predicted molar refractivity (Wildman–Crippen MR) is 105 cm³/mol. The molecule has 0 bridgehead atoms. The summed E-state index contributed by atoms with van der Waals surface area (Å²) in [5.41, 5.74) is 9.10. The molecule has 0 radical (unpaired) electrons. The number of aryl methyl sites for hydroxylation is 1. The van der Waals surface area contributed by atoms with Crippen molar-refractivity contribution in [2.75, 3.05) is 12.3 Å². The van der Waals surface area contributed by atoms with Crippen molar-refractivity contribution in [3.63, 3.8) is 0 Å². The van der Waals surface area contributed by atoms with E-state index >= 15 is 0 Å². The summed E-state index contributed by atoms with van der Waals surface area (Å²) in [6.45, 7) is 5.25. The van der Waals surface area contributed by atoms with Crippen LogP contribution in [0.3, 0.4) is 0 Å². The van der Waals surface area contributed by atoms with E-state index in [-0.39, 0.29) is 18.1 Å². The summed E-state index contributed by atoms with van der Waals surface area (Å²) >= 11 is 7.17. The molecule has 0 saturated carbocycles. The maximum Gasteiger partial charge on any atom is 0.350 e. The van der Waals surface area contributed by atoms with Gasteiger partial charge in [-0.05, 0) is 38.5 Å². The topological polar surface area (TPSA) is 82.3 Å². The number of benzene rings is 1. The van der Waals surface area contributed by atoms with Crippen LogP contribution in [-0.4, -0.2) is 23.3 Å². The second-order valence-electron chi connectivity index (χ2n) is 5.76. The third kappa shape index (κ3) is 3.06. The minimum atomic E-state index is -0.489. The second-order valence-corrected chi connectivity index (χ2v) is 7.19. The molecule has 2 N–H and O–H groups in total. The standard InChI is InChI=1S/C19H17ClN2O3S/c1-4-25-19(24)17-16(21)15-14(11-5-7-12(20)8-6-11)13(10(3)23)9(2)22-18(15)26-17/h5-8H,4,21H2,1-3H3. The number of halogens is 1. The van der Waals surface area contributed by atoms with E-state index in [1.165, 1.54) is 18.3 Å². The van der Waals surface area contributed by atoms with E-state index in [1.54, 1.807) is 26.0 Å². The highest BCUT2D eigenvalue weighted by Gasteiger charge is 2.25. The van der Waals surface area contributed by atoms with E-state index < -0.39 is 5.97 Å². The smallest absolute Gasteiger partial charge is 0.350 e. The van der Waals surface area contributed by atoms with Crippen molar-refractivity contribution in [2.24, 2.45) is 0 Å². The van der Waals surface area contributed by atoms with Crippen LogP contribution in [-0.2, 0) is 4.74 Å². The number of pyridine rings is 1. The third-order valence-corrected chi connectivity index (χ3v) is 5.33. The number of ether oxygens (including phenoxy) is 1. The molecule has 26 heavy (non-hydrogen) atoms. The molecule has 5 nitrogen and oxygen atoms in total.